The number of rotatable bonds is 4. The number of aromatic nitrogens is 2. The van der Waals surface area contributed by atoms with Gasteiger partial charge in [-0.2, -0.15) is 0 Å². The van der Waals surface area contributed by atoms with Gasteiger partial charge in [-0.05, 0) is 77.6 Å². The predicted octanol–water partition coefficient (Wildman–Crippen LogP) is 7.41. The van der Waals surface area contributed by atoms with Crippen molar-refractivity contribution in [2.45, 2.75) is 39.5 Å². The Bertz CT molecular complexity index is 1440. The summed E-state index contributed by atoms with van der Waals surface area (Å²) in [5.41, 5.74) is 9.65. The first kappa shape index (κ1) is 18.5. The maximum absolute atomic E-state index is 2.32. The highest BCUT2D eigenvalue weighted by atomic mass is 15.0. The van der Waals surface area contributed by atoms with E-state index in [0.717, 1.165) is 6.42 Å². The fourth-order valence-corrected chi connectivity index (χ4v) is 5.33. The molecule has 0 amide bonds. The zero-order valence-electron chi connectivity index (χ0n) is 18.7. The summed E-state index contributed by atoms with van der Waals surface area (Å²) in [6.45, 7) is 9.20. The van der Waals surface area contributed by atoms with E-state index in [4.69, 9.17) is 0 Å². The fourth-order valence-electron chi connectivity index (χ4n) is 5.33. The van der Waals surface area contributed by atoms with Crippen LogP contribution >= 0.6 is 0 Å². The molecule has 154 valence electrons. The van der Waals surface area contributed by atoms with Crippen LogP contribution < -0.4 is 0 Å². The third-order valence-electron chi connectivity index (χ3n) is 6.97. The van der Waals surface area contributed by atoms with Crippen LogP contribution in [0.15, 0.2) is 79.1 Å². The lowest BCUT2D eigenvalue weighted by molar-refractivity contribution is 0.650. The summed E-state index contributed by atoms with van der Waals surface area (Å²) in [6, 6.07) is 24.7. The Morgan fingerprint density at radius 1 is 0.710 bits per heavy atom. The van der Waals surface area contributed by atoms with E-state index < -0.39 is 0 Å². The van der Waals surface area contributed by atoms with E-state index >= 15 is 0 Å². The lowest BCUT2D eigenvalue weighted by atomic mass is 10.00. The van der Waals surface area contributed by atoms with Crippen molar-refractivity contribution < 1.29 is 0 Å². The van der Waals surface area contributed by atoms with Crippen LogP contribution in [0.1, 0.15) is 44.4 Å². The Hall–Kier alpha value is -3.26. The minimum Gasteiger partial charge on any atom is -0.317 e. The van der Waals surface area contributed by atoms with Gasteiger partial charge in [0.2, 0.25) is 0 Å². The average Bonchev–Trinajstić information content (AvgIpc) is 3.11. The van der Waals surface area contributed by atoms with Crippen LogP contribution in [0.3, 0.4) is 0 Å². The standard InChI is InChI=1S/C29H28N2/c1-19(2)18-20-6-5-7-26-23(20)14-16-30(26)21-8-10-22(11-9-21)31-17-15-24-27(31)13-12-25-28(24)29(25,3)4/h5-17,19H,18H2,1-4H3. The van der Waals surface area contributed by atoms with Gasteiger partial charge < -0.3 is 9.13 Å². The summed E-state index contributed by atoms with van der Waals surface area (Å²) in [4.78, 5) is 0. The van der Waals surface area contributed by atoms with Gasteiger partial charge in [-0.3, -0.25) is 0 Å². The number of benzene rings is 3. The van der Waals surface area contributed by atoms with Crippen LogP contribution in [0.4, 0.5) is 0 Å². The summed E-state index contributed by atoms with van der Waals surface area (Å²) < 4.78 is 4.61. The quantitative estimate of drug-likeness (QED) is 0.295. The largest absolute Gasteiger partial charge is 0.317 e. The second-order valence-electron chi connectivity index (χ2n) is 9.88. The summed E-state index contributed by atoms with van der Waals surface area (Å²) in [5.74, 6) is 0.655. The van der Waals surface area contributed by atoms with Gasteiger partial charge in [0.25, 0.3) is 0 Å². The molecule has 2 heteroatoms. The molecular formula is C29H28N2. The summed E-state index contributed by atoms with van der Waals surface area (Å²) >= 11 is 0. The van der Waals surface area contributed by atoms with E-state index in [0.29, 0.717) is 5.92 Å². The molecule has 0 aliphatic heterocycles. The molecule has 0 fully saturated rings. The van der Waals surface area contributed by atoms with Crippen molar-refractivity contribution in [3.63, 3.8) is 0 Å². The summed E-state index contributed by atoms with van der Waals surface area (Å²) in [6.07, 6.45) is 5.52. The lowest BCUT2D eigenvalue weighted by Gasteiger charge is -2.11. The minimum atomic E-state index is 0.238. The first-order valence-corrected chi connectivity index (χ1v) is 11.3. The van der Waals surface area contributed by atoms with E-state index in [1.807, 2.05) is 0 Å². The zero-order chi connectivity index (χ0) is 21.3. The van der Waals surface area contributed by atoms with Crippen LogP contribution in [0.25, 0.3) is 33.2 Å². The van der Waals surface area contributed by atoms with Gasteiger partial charge in [0.1, 0.15) is 0 Å². The van der Waals surface area contributed by atoms with Crippen molar-refractivity contribution in [3.05, 3.63) is 95.8 Å². The molecule has 31 heavy (non-hydrogen) atoms. The van der Waals surface area contributed by atoms with Gasteiger partial charge in [-0.15, -0.1) is 0 Å². The molecular weight excluding hydrogens is 376 g/mol. The molecule has 0 bridgehead atoms. The fraction of sp³-hybridized carbons (Fsp3) is 0.241. The molecule has 3 aromatic carbocycles. The number of fused-ring (bicyclic) bond motifs is 4. The molecule has 6 rings (SSSR count). The molecule has 0 N–H and O–H groups in total. The Labute approximate surface area is 183 Å². The topological polar surface area (TPSA) is 9.86 Å². The second kappa shape index (κ2) is 6.37. The summed E-state index contributed by atoms with van der Waals surface area (Å²) in [7, 11) is 0. The van der Waals surface area contributed by atoms with Gasteiger partial charge in [0.05, 0.1) is 11.0 Å². The number of hydrogen-bond donors (Lipinski definition) is 0. The molecule has 0 saturated carbocycles. The Morgan fingerprint density at radius 2 is 1.32 bits per heavy atom. The van der Waals surface area contributed by atoms with E-state index in [1.54, 1.807) is 0 Å². The first-order valence-electron chi connectivity index (χ1n) is 11.3. The van der Waals surface area contributed by atoms with Gasteiger partial charge in [0, 0.05) is 40.0 Å². The van der Waals surface area contributed by atoms with Gasteiger partial charge >= 0.3 is 0 Å². The van der Waals surface area contributed by atoms with Crippen molar-refractivity contribution in [2.75, 3.05) is 0 Å². The van der Waals surface area contributed by atoms with E-state index in [9.17, 15) is 0 Å². The normalized spacial score (nSPS) is 14.5. The molecule has 0 atom stereocenters. The van der Waals surface area contributed by atoms with Crippen LogP contribution in [-0.2, 0) is 11.8 Å². The van der Waals surface area contributed by atoms with Crippen molar-refractivity contribution in [2.24, 2.45) is 5.92 Å². The highest BCUT2D eigenvalue weighted by Gasteiger charge is 2.43. The van der Waals surface area contributed by atoms with Crippen molar-refractivity contribution in [1.29, 1.82) is 0 Å². The van der Waals surface area contributed by atoms with Gasteiger partial charge in [-0.1, -0.05) is 45.9 Å². The van der Waals surface area contributed by atoms with E-state index in [2.05, 4.69) is 116 Å². The van der Waals surface area contributed by atoms with Crippen LogP contribution in [0.5, 0.6) is 0 Å². The zero-order valence-corrected chi connectivity index (χ0v) is 18.7. The second-order valence-corrected chi connectivity index (χ2v) is 9.88. The maximum Gasteiger partial charge on any atom is 0.0531 e. The Balaban J connectivity index is 1.38. The van der Waals surface area contributed by atoms with Crippen molar-refractivity contribution in [1.82, 2.24) is 9.13 Å². The molecule has 1 aliphatic carbocycles. The molecule has 2 nitrogen and oxygen atoms in total. The Morgan fingerprint density at radius 3 is 1.97 bits per heavy atom. The molecule has 2 heterocycles. The number of nitrogens with zero attached hydrogens (tertiary/aromatic N) is 2. The molecule has 0 unspecified atom stereocenters. The first-order chi connectivity index (χ1) is 14.9. The SMILES string of the molecule is CC(C)Cc1cccc2c1ccn2-c1ccc(-n2ccc3c4c(ccc32)C4(C)C)cc1. The number of hydrogen-bond acceptors (Lipinski definition) is 0. The van der Waals surface area contributed by atoms with Crippen molar-refractivity contribution in [3.8, 4) is 11.4 Å². The van der Waals surface area contributed by atoms with Crippen molar-refractivity contribution >= 4 is 21.8 Å². The monoisotopic (exact) mass is 404 g/mol. The van der Waals surface area contributed by atoms with Gasteiger partial charge in [-0.25, -0.2) is 0 Å². The molecule has 2 aromatic heterocycles. The minimum absolute atomic E-state index is 0.238. The lowest BCUT2D eigenvalue weighted by Crippen LogP contribution is -1.97. The van der Waals surface area contributed by atoms with Crippen LogP contribution in [0.2, 0.25) is 0 Å². The summed E-state index contributed by atoms with van der Waals surface area (Å²) in [5, 5.41) is 2.75. The smallest absolute Gasteiger partial charge is 0.0531 e. The van der Waals surface area contributed by atoms with Gasteiger partial charge in [0.15, 0.2) is 0 Å². The molecule has 0 spiro atoms. The molecule has 1 aliphatic rings. The van der Waals surface area contributed by atoms with Crippen LogP contribution in [-0.4, -0.2) is 9.13 Å². The highest BCUT2D eigenvalue weighted by molar-refractivity contribution is 5.93. The average molecular weight is 405 g/mol. The third-order valence-corrected chi connectivity index (χ3v) is 6.97. The third kappa shape index (κ3) is 2.71. The van der Waals surface area contributed by atoms with E-state index in [-0.39, 0.29) is 5.41 Å². The molecule has 5 aromatic rings. The predicted molar refractivity (Wildman–Crippen MR) is 131 cm³/mol. The van der Waals surface area contributed by atoms with E-state index in [1.165, 1.54) is 49.9 Å². The highest BCUT2D eigenvalue weighted by Crippen LogP contribution is 2.53. The molecule has 0 saturated heterocycles. The molecule has 0 radical (unpaired) electrons. The Kier molecular flexibility index (Phi) is 3.80. The van der Waals surface area contributed by atoms with Crippen LogP contribution in [0, 0.1) is 5.92 Å². The maximum atomic E-state index is 2.32.